The number of halogens is 8. The van der Waals surface area contributed by atoms with Gasteiger partial charge in [-0.15, -0.1) is 0 Å². The fourth-order valence-electron chi connectivity index (χ4n) is 6.61. The van der Waals surface area contributed by atoms with Crippen LogP contribution < -0.4 is 5.73 Å². The first-order chi connectivity index (χ1) is 25.2. The highest BCUT2D eigenvalue weighted by Gasteiger charge is 2.64. The number of aliphatic imine (C=N–C) groups is 1. The van der Waals surface area contributed by atoms with Gasteiger partial charge in [0.15, 0.2) is 17.3 Å². The van der Waals surface area contributed by atoms with Crippen molar-refractivity contribution in [3.8, 4) is 16.9 Å². The van der Waals surface area contributed by atoms with E-state index in [1.54, 1.807) is 24.3 Å². The Labute approximate surface area is 308 Å². The topological polar surface area (TPSA) is 134 Å². The molecule has 1 aliphatic heterocycles. The van der Waals surface area contributed by atoms with Gasteiger partial charge < -0.3 is 10.5 Å². The van der Waals surface area contributed by atoms with E-state index in [1.807, 2.05) is 20.8 Å². The molecule has 1 fully saturated rings. The zero-order valence-corrected chi connectivity index (χ0v) is 29.8. The van der Waals surface area contributed by atoms with Gasteiger partial charge in [0.05, 0.1) is 34.3 Å². The van der Waals surface area contributed by atoms with Gasteiger partial charge >= 0.3 is 18.7 Å². The number of carbonyl (C=O) groups is 2. The van der Waals surface area contributed by atoms with Crippen molar-refractivity contribution in [2.24, 2.45) is 21.6 Å². The summed E-state index contributed by atoms with van der Waals surface area (Å²) in [6.45, 7) is 2.03. The van der Waals surface area contributed by atoms with Crippen LogP contribution in [0.3, 0.4) is 0 Å². The molecule has 6 rings (SSSR count). The molecule has 1 saturated carbocycles. The summed E-state index contributed by atoms with van der Waals surface area (Å²) in [5.74, 6) is -2.94. The van der Waals surface area contributed by atoms with Crippen LogP contribution in [0.5, 0.6) is 0 Å². The van der Waals surface area contributed by atoms with Gasteiger partial charge in [-0.2, -0.15) is 32.1 Å². The van der Waals surface area contributed by atoms with Crippen LogP contribution in [0.25, 0.3) is 16.9 Å². The number of aromatic nitrogens is 5. The number of benzene rings is 2. The molecule has 1 aliphatic carbocycles. The van der Waals surface area contributed by atoms with Crippen molar-refractivity contribution in [1.29, 1.82) is 0 Å². The van der Waals surface area contributed by atoms with Gasteiger partial charge in [0.25, 0.3) is 12.3 Å². The Kier molecular flexibility index (Phi) is 10.0. The van der Waals surface area contributed by atoms with E-state index in [1.165, 1.54) is 24.3 Å². The van der Waals surface area contributed by atoms with Gasteiger partial charge in [-0.05, 0) is 54.0 Å². The SMILES string of the molecule is CC(C)(C)C[C@]1(c2ccc(-c3ccn(C(F)F)n3)cc2)N=C(N)N([C@H](COC(=O)CC2(C(F)(F)F)CC2)c2ccc(Cl)c(-n3ncnc3C(F)F)c2)C1=O. The van der Waals surface area contributed by atoms with Gasteiger partial charge in [0.1, 0.15) is 12.9 Å². The van der Waals surface area contributed by atoms with Gasteiger partial charge in [0, 0.05) is 11.8 Å². The lowest BCUT2D eigenvalue weighted by Gasteiger charge is -2.35. The largest absolute Gasteiger partial charge is 0.463 e. The molecule has 0 saturated heterocycles. The standard InChI is InChI=1S/C35H34ClF7N8O3/c1-32(2,3)17-34(21-7-4-19(5-8-21)23-10-13-49(48-23)30(39)40)29(53)50(31(44)47-34)25(16-54-26(52)15-33(11-12-33)35(41,42)43)20-6-9-22(36)24(14-20)51-28(27(37)38)45-18-46-51/h4-10,13-14,18,25,27,30H,11-12,15-17H2,1-3H3,(H2,44,47)/t25-,34-/m1/s1. The van der Waals surface area contributed by atoms with Crippen LogP contribution >= 0.6 is 11.6 Å². The predicted octanol–water partition coefficient (Wildman–Crippen LogP) is 7.92. The highest BCUT2D eigenvalue weighted by atomic mass is 35.5. The molecule has 1 amide bonds. The smallest absolute Gasteiger partial charge is 0.395 e. The zero-order chi connectivity index (χ0) is 39.4. The van der Waals surface area contributed by atoms with E-state index in [4.69, 9.17) is 22.1 Å². The molecule has 288 valence electrons. The Bertz CT molecular complexity index is 2070. The third-order valence-electron chi connectivity index (χ3n) is 9.38. The molecular formula is C35H34ClF7N8O3. The number of nitrogens with two attached hydrogens (primary N) is 1. The number of hydrogen-bond acceptors (Lipinski definition) is 8. The summed E-state index contributed by atoms with van der Waals surface area (Å²) in [6, 6.07) is 10.4. The molecule has 0 bridgehead atoms. The number of guanidine groups is 1. The van der Waals surface area contributed by atoms with E-state index in [0.29, 0.717) is 15.8 Å². The quantitative estimate of drug-likeness (QED) is 0.114. The zero-order valence-electron chi connectivity index (χ0n) is 29.0. The third-order valence-corrected chi connectivity index (χ3v) is 9.70. The summed E-state index contributed by atoms with van der Waals surface area (Å²) < 4.78 is 102. The predicted molar refractivity (Wildman–Crippen MR) is 180 cm³/mol. The number of alkyl halides is 7. The molecule has 19 heteroatoms. The normalized spacial score (nSPS) is 19.1. The van der Waals surface area contributed by atoms with Gasteiger partial charge in [-0.3, -0.25) is 14.5 Å². The Morgan fingerprint density at radius 3 is 2.30 bits per heavy atom. The summed E-state index contributed by atoms with van der Waals surface area (Å²) in [5.41, 5.74) is 3.18. The average Bonchev–Trinajstić information content (AvgIpc) is 3.40. The second kappa shape index (κ2) is 14.0. The molecule has 2 aromatic heterocycles. The maximum atomic E-state index is 14.9. The van der Waals surface area contributed by atoms with E-state index < -0.39 is 72.3 Å². The first kappa shape index (κ1) is 38.7. The average molecular weight is 783 g/mol. The van der Waals surface area contributed by atoms with E-state index >= 15 is 0 Å². The minimum absolute atomic E-state index is 0.0438. The van der Waals surface area contributed by atoms with E-state index in [0.717, 1.165) is 22.1 Å². The second-order valence-electron chi connectivity index (χ2n) is 14.5. The van der Waals surface area contributed by atoms with E-state index in [2.05, 4.69) is 20.2 Å². The van der Waals surface area contributed by atoms with Crippen LogP contribution in [0.1, 0.15) is 82.4 Å². The van der Waals surface area contributed by atoms with Crippen molar-refractivity contribution < 1.29 is 45.1 Å². The highest BCUT2D eigenvalue weighted by Crippen LogP contribution is 2.60. The van der Waals surface area contributed by atoms with Crippen LogP contribution in [0.4, 0.5) is 30.7 Å². The minimum Gasteiger partial charge on any atom is -0.463 e. The lowest BCUT2D eigenvalue weighted by molar-refractivity contribution is -0.195. The molecule has 2 atom stereocenters. The Morgan fingerprint density at radius 2 is 1.72 bits per heavy atom. The molecule has 2 aromatic carbocycles. The van der Waals surface area contributed by atoms with E-state index in [9.17, 15) is 40.3 Å². The van der Waals surface area contributed by atoms with Crippen molar-refractivity contribution in [3.05, 3.63) is 83.0 Å². The number of amides is 1. The van der Waals surface area contributed by atoms with Crippen LogP contribution in [-0.4, -0.2) is 60.1 Å². The lowest BCUT2D eigenvalue weighted by atomic mass is 9.75. The second-order valence-corrected chi connectivity index (χ2v) is 14.9. The minimum atomic E-state index is -4.64. The molecular weight excluding hydrogens is 749 g/mol. The van der Waals surface area contributed by atoms with Crippen molar-refractivity contribution in [2.45, 2.75) is 77.2 Å². The monoisotopic (exact) mass is 782 g/mol. The van der Waals surface area contributed by atoms with Crippen molar-refractivity contribution in [3.63, 3.8) is 0 Å². The van der Waals surface area contributed by atoms with Crippen LogP contribution in [0.2, 0.25) is 5.02 Å². The van der Waals surface area contributed by atoms with Crippen LogP contribution in [0, 0.1) is 10.8 Å². The summed E-state index contributed by atoms with van der Waals surface area (Å²) in [6.07, 6.45) is -7.03. The number of rotatable bonds is 12. The molecule has 0 radical (unpaired) electrons. The molecule has 54 heavy (non-hydrogen) atoms. The number of hydrogen-bond donors (Lipinski definition) is 1. The Morgan fingerprint density at radius 1 is 1.04 bits per heavy atom. The first-order valence-electron chi connectivity index (χ1n) is 16.6. The van der Waals surface area contributed by atoms with Crippen LogP contribution in [0.15, 0.2) is 66.0 Å². The fraction of sp³-hybridized carbons (Fsp3) is 0.429. The first-order valence-corrected chi connectivity index (χ1v) is 17.0. The maximum absolute atomic E-state index is 14.9. The Hall–Kier alpha value is -5.00. The van der Waals surface area contributed by atoms with Crippen molar-refractivity contribution in [2.75, 3.05) is 6.61 Å². The maximum Gasteiger partial charge on any atom is 0.395 e. The molecule has 4 aromatic rings. The molecule has 0 spiro atoms. The van der Waals surface area contributed by atoms with Crippen molar-refractivity contribution in [1.82, 2.24) is 29.4 Å². The molecule has 0 unspecified atom stereocenters. The molecule has 2 aliphatic rings. The van der Waals surface area contributed by atoms with Crippen LogP contribution in [-0.2, 0) is 19.9 Å². The number of ether oxygens (including phenoxy) is 1. The number of carbonyl (C=O) groups excluding carboxylic acids is 2. The summed E-state index contributed by atoms with van der Waals surface area (Å²) in [5, 5.41) is 7.70. The van der Waals surface area contributed by atoms with Gasteiger partial charge in [-0.25, -0.2) is 28.1 Å². The highest BCUT2D eigenvalue weighted by molar-refractivity contribution is 6.32. The summed E-state index contributed by atoms with van der Waals surface area (Å²) >= 11 is 6.41. The molecule has 11 nitrogen and oxygen atoms in total. The fourth-order valence-corrected chi connectivity index (χ4v) is 6.80. The summed E-state index contributed by atoms with van der Waals surface area (Å²) in [7, 11) is 0. The molecule has 2 N–H and O–H groups in total. The van der Waals surface area contributed by atoms with E-state index in [-0.39, 0.29) is 47.2 Å². The lowest BCUT2D eigenvalue weighted by Crippen LogP contribution is -2.47. The Balaban J connectivity index is 1.40. The summed E-state index contributed by atoms with van der Waals surface area (Å²) in [4.78, 5) is 37.2. The number of nitrogens with zero attached hydrogens (tertiary/aromatic N) is 7. The molecule has 3 heterocycles. The van der Waals surface area contributed by atoms with Gasteiger partial charge in [0.2, 0.25) is 0 Å². The van der Waals surface area contributed by atoms with Gasteiger partial charge in [-0.1, -0.05) is 62.7 Å². The third kappa shape index (κ3) is 7.39. The number of esters is 1. The van der Waals surface area contributed by atoms with Crippen molar-refractivity contribution >= 4 is 29.4 Å².